The van der Waals surface area contributed by atoms with Gasteiger partial charge in [0.25, 0.3) is 0 Å². The van der Waals surface area contributed by atoms with Gasteiger partial charge in [0.15, 0.2) is 0 Å². The molecule has 1 saturated heterocycles. The van der Waals surface area contributed by atoms with E-state index in [-0.39, 0.29) is 18.4 Å². The van der Waals surface area contributed by atoms with Gasteiger partial charge in [-0.3, -0.25) is 0 Å². The van der Waals surface area contributed by atoms with Crippen LogP contribution in [-0.4, -0.2) is 71.8 Å². The standard InChI is InChI=1S/C27H49NO8/c1-17(2)15-32-21-14-12-13-20(23(29)34-19(5)22(21)33-16-18(3)4)28(24(30)35-26(6,7)8)25(31)36-27(9,10)11/h17-22H,12-16H2,1-11H3. The number of carbonyl (C=O) groups is 3. The van der Waals surface area contributed by atoms with Crippen LogP contribution in [0.25, 0.3) is 0 Å². The molecule has 1 heterocycles. The van der Waals surface area contributed by atoms with Gasteiger partial charge in [0.2, 0.25) is 0 Å². The van der Waals surface area contributed by atoms with Crippen LogP contribution in [0.1, 0.15) is 95.4 Å². The van der Waals surface area contributed by atoms with Crippen LogP contribution in [0.2, 0.25) is 0 Å². The lowest BCUT2D eigenvalue weighted by Gasteiger charge is -2.33. The molecule has 0 saturated carbocycles. The third kappa shape index (κ3) is 11.5. The highest BCUT2D eigenvalue weighted by Gasteiger charge is 2.43. The lowest BCUT2D eigenvalue weighted by atomic mass is 10.0. The molecule has 0 radical (unpaired) electrons. The van der Waals surface area contributed by atoms with E-state index in [1.807, 2.05) is 13.8 Å². The van der Waals surface area contributed by atoms with E-state index in [1.54, 1.807) is 48.5 Å². The van der Waals surface area contributed by atoms with E-state index >= 15 is 0 Å². The van der Waals surface area contributed by atoms with Gasteiger partial charge in [-0.25, -0.2) is 14.4 Å². The van der Waals surface area contributed by atoms with Crippen LogP contribution in [0.15, 0.2) is 0 Å². The molecule has 2 amide bonds. The van der Waals surface area contributed by atoms with E-state index in [1.165, 1.54) is 0 Å². The topological polar surface area (TPSA) is 101 Å². The molecule has 0 aromatic heterocycles. The second-order valence-corrected chi connectivity index (χ2v) is 12.4. The summed E-state index contributed by atoms with van der Waals surface area (Å²) in [6.07, 6.45) is -2.09. The number of carbonyl (C=O) groups excluding carboxylic acids is 3. The Morgan fingerprint density at radius 2 is 1.36 bits per heavy atom. The average molecular weight is 516 g/mol. The fourth-order valence-electron chi connectivity index (χ4n) is 3.65. The largest absolute Gasteiger partial charge is 0.458 e. The van der Waals surface area contributed by atoms with Gasteiger partial charge in [-0.1, -0.05) is 27.7 Å². The minimum Gasteiger partial charge on any atom is -0.458 e. The van der Waals surface area contributed by atoms with Crippen molar-refractivity contribution in [1.82, 2.24) is 4.90 Å². The highest BCUT2D eigenvalue weighted by molar-refractivity contribution is 5.94. The normalized spacial score (nSPS) is 24.0. The number of esters is 1. The van der Waals surface area contributed by atoms with Gasteiger partial charge < -0.3 is 23.7 Å². The zero-order chi connectivity index (χ0) is 27.8. The van der Waals surface area contributed by atoms with Crippen molar-refractivity contribution in [2.24, 2.45) is 11.8 Å². The molecular weight excluding hydrogens is 466 g/mol. The molecular formula is C27H49NO8. The molecule has 36 heavy (non-hydrogen) atoms. The lowest BCUT2D eigenvalue weighted by molar-refractivity contribution is -0.172. The summed E-state index contributed by atoms with van der Waals surface area (Å²) < 4.78 is 29.1. The first kappa shape index (κ1) is 32.2. The Labute approximate surface area is 217 Å². The van der Waals surface area contributed by atoms with Crippen molar-refractivity contribution in [3.63, 3.8) is 0 Å². The average Bonchev–Trinajstić information content (AvgIpc) is 2.71. The van der Waals surface area contributed by atoms with E-state index in [0.717, 1.165) is 4.90 Å². The van der Waals surface area contributed by atoms with Crippen LogP contribution in [-0.2, 0) is 28.5 Å². The van der Waals surface area contributed by atoms with Gasteiger partial charge >= 0.3 is 18.2 Å². The maximum absolute atomic E-state index is 13.4. The minimum atomic E-state index is -1.20. The summed E-state index contributed by atoms with van der Waals surface area (Å²) in [5, 5.41) is 0. The molecule has 4 atom stereocenters. The summed E-state index contributed by atoms with van der Waals surface area (Å²) in [4.78, 5) is 40.4. The van der Waals surface area contributed by atoms with Gasteiger partial charge in [0.05, 0.1) is 6.10 Å². The third-order valence-electron chi connectivity index (χ3n) is 5.13. The summed E-state index contributed by atoms with van der Waals surface area (Å²) in [6, 6.07) is -1.20. The molecule has 210 valence electrons. The predicted octanol–water partition coefficient (Wildman–Crippen LogP) is 5.73. The highest BCUT2D eigenvalue weighted by Crippen LogP contribution is 2.26. The summed E-state index contributed by atoms with van der Waals surface area (Å²) in [5.74, 6) is -0.0976. The smallest absolute Gasteiger partial charge is 0.420 e. The molecule has 1 aliphatic rings. The second kappa shape index (κ2) is 13.6. The van der Waals surface area contributed by atoms with Gasteiger partial charge in [-0.15, -0.1) is 0 Å². The number of hydrogen-bond donors (Lipinski definition) is 0. The molecule has 0 N–H and O–H groups in total. The number of imide groups is 1. The lowest BCUT2D eigenvalue weighted by Crippen LogP contribution is -2.53. The van der Waals surface area contributed by atoms with Crippen molar-refractivity contribution in [3.05, 3.63) is 0 Å². The van der Waals surface area contributed by atoms with E-state index in [0.29, 0.717) is 32.0 Å². The van der Waals surface area contributed by atoms with E-state index in [9.17, 15) is 14.4 Å². The first-order valence-electron chi connectivity index (χ1n) is 13.1. The van der Waals surface area contributed by atoms with Crippen molar-refractivity contribution in [2.45, 2.75) is 131 Å². The molecule has 0 bridgehead atoms. The summed E-state index contributed by atoms with van der Waals surface area (Å²) in [6.45, 7) is 21.1. The van der Waals surface area contributed by atoms with Gasteiger partial charge in [-0.2, -0.15) is 4.90 Å². The fraction of sp³-hybridized carbons (Fsp3) is 0.889. The quantitative estimate of drug-likeness (QED) is 0.313. The molecule has 9 nitrogen and oxygen atoms in total. The Hall–Kier alpha value is -1.87. The fourth-order valence-corrected chi connectivity index (χ4v) is 3.65. The van der Waals surface area contributed by atoms with E-state index in [4.69, 9.17) is 23.7 Å². The molecule has 0 aliphatic carbocycles. The monoisotopic (exact) mass is 515 g/mol. The summed E-state index contributed by atoms with van der Waals surface area (Å²) in [7, 11) is 0. The zero-order valence-corrected chi connectivity index (χ0v) is 24.2. The third-order valence-corrected chi connectivity index (χ3v) is 5.13. The number of amides is 2. The van der Waals surface area contributed by atoms with Crippen molar-refractivity contribution in [2.75, 3.05) is 13.2 Å². The first-order valence-corrected chi connectivity index (χ1v) is 13.1. The molecule has 9 heteroatoms. The van der Waals surface area contributed by atoms with Crippen LogP contribution in [0, 0.1) is 11.8 Å². The van der Waals surface area contributed by atoms with Crippen LogP contribution in [0.3, 0.4) is 0 Å². The molecule has 0 spiro atoms. The number of hydrogen-bond acceptors (Lipinski definition) is 8. The van der Waals surface area contributed by atoms with Gasteiger partial charge in [0.1, 0.15) is 29.5 Å². The van der Waals surface area contributed by atoms with Crippen molar-refractivity contribution in [1.29, 1.82) is 0 Å². The molecule has 0 aromatic carbocycles. The summed E-state index contributed by atoms with van der Waals surface area (Å²) >= 11 is 0. The van der Waals surface area contributed by atoms with Crippen LogP contribution < -0.4 is 0 Å². The Morgan fingerprint density at radius 3 is 1.81 bits per heavy atom. The van der Waals surface area contributed by atoms with E-state index in [2.05, 4.69) is 13.8 Å². The van der Waals surface area contributed by atoms with Gasteiger partial charge in [0, 0.05) is 13.2 Å². The van der Waals surface area contributed by atoms with Gasteiger partial charge in [-0.05, 0) is 79.6 Å². The maximum Gasteiger partial charge on any atom is 0.420 e. The highest BCUT2D eigenvalue weighted by atomic mass is 16.6. The SMILES string of the molecule is CC(C)COC1CCCC(N(C(=O)OC(C)(C)C)C(=O)OC(C)(C)C)C(=O)OC(C)C1OCC(C)C. The molecule has 1 rings (SSSR count). The zero-order valence-electron chi connectivity index (χ0n) is 24.2. The Morgan fingerprint density at radius 1 is 0.889 bits per heavy atom. The van der Waals surface area contributed by atoms with Crippen molar-refractivity contribution < 1.29 is 38.1 Å². The number of nitrogens with zero attached hydrogens (tertiary/aromatic N) is 1. The first-order chi connectivity index (χ1) is 16.4. The number of cyclic esters (lactones) is 1. The summed E-state index contributed by atoms with van der Waals surface area (Å²) in [5.41, 5.74) is -1.75. The molecule has 0 aromatic rings. The van der Waals surface area contributed by atoms with Crippen molar-refractivity contribution in [3.8, 4) is 0 Å². The van der Waals surface area contributed by atoms with Crippen LogP contribution in [0.5, 0.6) is 0 Å². The Bertz CT molecular complexity index is 694. The van der Waals surface area contributed by atoms with Crippen LogP contribution in [0.4, 0.5) is 9.59 Å². The van der Waals surface area contributed by atoms with E-state index < -0.39 is 47.6 Å². The number of ether oxygens (including phenoxy) is 5. The maximum atomic E-state index is 13.4. The Balaban J connectivity index is 3.31. The second-order valence-electron chi connectivity index (χ2n) is 12.4. The van der Waals surface area contributed by atoms with Crippen LogP contribution >= 0.6 is 0 Å². The minimum absolute atomic E-state index is 0.183. The predicted molar refractivity (Wildman–Crippen MR) is 137 cm³/mol. The molecule has 1 aliphatic heterocycles. The number of rotatable bonds is 7. The van der Waals surface area contributed by atoms with Crippen molar-refractivity contribution >= 4 is 18.2 Å². The molecule has 1 fully saturated rings. The molecule has 4 unspecified atom stereocenters. The Kier molecular flexibility index (Phi) is 12.2.